The molecule has 0 N–H and O–H groups in total. The first kappa shape index (κ1) is 40.9. The minimum Gasteiger partial charge on any atom is -1.00 e. The molecule has 5 nitrogen and oxygen atoms in total. The van der Waals surface area contributed by atoms with E-state index in [9.17, 15) is 0 Å². The van der Waals surface area contributed by atoms with E-state index >= 15 is 0 Å². The molecule has 0 radical (unpaired) electrons. The van der Waals surface area contributed by atoms with Gasteiger partial charge in [-0.25, -0.2) is 0 Å². The molecule has 4 rings (SSSR count). The number of rotatable bonds is 22. The number of hydrogen-bond acceptors (Lipinski definition) is 3. The van der Waals surface area contributed by atoms with Crippen molar-refractivity contribution in [3.8, 4) is 0 Å². The Morgan fingerprint density at radius 2 is 0.773 bits per heavy atom. The molecule has 4 aliphatic heterocycles. The SMILES string of the molecule is CCCCCCCCCCCCCCCCCCOC(CN1CC[N+]2(CCCC2)CC1)CN1CC[N+]2(CCCC2)CC1.[Br-].[Br-]. The minimum absolute atomic E-state index is 0. The topological polar surface area (TPSA) is 15.7 Å². The molecule has 0 saturated carbocycles. The van der Waals surface area contributed by atoms with Crippen molar-refractivity contribution in [2.45, 2.75) is 141 Å². The largest absolute Gasteiger partial charge is 1.00 e. The maximum absolute atomic E-state index is 6.71. The van der Waals surface area contributed by atoms with Crippen LogP contribution in [0, 0.1) is 0 Å². The number of ether oxygens (including phenoxy) is 1. The Hall–Kier alpha value is 0.760. The normalized spacial score (nSPS) is 21.7. The fourth-order valence-electron chi connectivity index (χ4n) is 8.77. The van der Waals surface area contributed by atoms with Crippen LogP contribution in [0.4, 0.5) is 0 Å². The molecule has 4 saturated heterocycles. The molecule has 262 valence electrons. The average molecular weight is 751 g/mol. The molecule has 0 amide bonds. The Kier molecular flexibility index (Phi) is 22.3. The van der Waals surface area contributed by atoms with Crippen LogP contribution in [0.15, 0.2) is 0 Å². The van der Waals surface area contributed by atoms with Crippen LogP contribution in [0.2, 0.25) is 0 Å². The van der Waals surface area contributed by atoms with E-state index in [1.54, 1.807) is 0 Å². The van der Waals surface area contributed by atoms with Crippen molar-refractivity contribution >= 4 is 0 Å². The first-order valence-corrected chi connectivity index (χ1v) is 19.5. The quantitative estimate of drug-likeness (QED) is 0.123. The van der Waals surface area contributed by atoms with Crippen LogP contribution in [0.3, 0.4) is 0 Å². The Bertz CT molecular complexity index is 628. The van der Waals surface area contributed by atoms with E-state index < -0.39 is 0 Å². The number of unbranched alkanes of at least 4 members (excludes halogenated alkanes) is 15. The van der Waals surface area contributed by atoms with E-state index in [1.165, 1.54) is 216 Å². The van der Waals surface area contributed by atoms with Gasteiger partial charge in [-0.2, -0.15) is 0 Å². The van der Waals surface area contributed by atoms with Gasteiger partial charge in [-0.3, -0.25) is 9.80 Å². The third kappa shape index (κ3) is 15.3. The Labute approximate surface area is 295 Å². The van der Waals surface area contributed by atoms with Crippen molar-refractivity contribution in [2.24, 2.45) is 0 Å². The second-order valence-electron chi connectivity index (χ2n) is 15.3. The summed E-state index contributed by atoms with van der Waals surface area (Å²) in [6.07, 6.45) is 29.2. The van der Waals surface area contributed by atoms with Crippen LogP contribution in [-0.4, -0.2) is 123 Å². The zero-order valence-corrected chi connectivity index (χ0v) is 32.5. The highest BCUT2D eigenvalue weighted by Gasteiger charge is 2.38. The maximum Gasteiger partial charge on any atom is 0.0916 e. The highest BCUT2D eigenvalue weighted by molar-refractivity contribution is 4.77. The number of nitrogens with zero attached hydrogens (tertiary/aromatic N) is 4. The average Bonchev–Trinajstić information content (AvgIpc) is 3.67. The van der Waals surface area contributed by atoms with Gasteiger partial charge in [0.25, 0.3) is 0 Å². The van der Waals surface area contributed by atoms with Crippen LogP contribution in [0.5, 0.6) is 0 Å². The van der Waals surface area contributed by atoms with Crippen LogP contribution >= 0.6 is 0 Å². The van der Waals surface area contributed by atoms with Gasteiger partial charge in [-0.05, 0) is 6.42 Å². The summed E-state index contributed by atoms with van der Waals surface area (Å²) in [5.41, 5.74) is 0. The smallest absolute Gasteiger partial charge is 0.0916 e. The number of halogens is 2. The van der Waals surface area contributed by atoms with Crippen LogP contribution in [0.25, 0.3) is 0 Å². The first-order valence-electron chi connectivity index (χ1n) is 19.5. The molecule has 4 fully saturated rings. The van der Waals surface area contributed by atoms with Crippen molar-refractivity contribution < 1.29 is 47.7 Å². The zero-order chi connectivity index (χ0) is 29.2. The van der Waals surface area contributed by atoms with E-state index in [-0.39, 0.29) is 34.0 Å². The van der Waals surface area contributed by atoms with Gasteiger partial charge in [0.2, 0.25) is 0 Å². The standard InChI is InChI=1S/C37H74N4O.2BrH/c1-2-3-4-5-6-7-8-9-10-11-12-13-14-15-16-21-34-42-37(35-38-22-30-40(31-23-38)26-17-18-27-40)36-39-24-32-41(33-25-39)28-19-20-29-41;;/h37H,2-36H2,1H3;2*1H/q+2;;/p-2. The molecule has 0 aliphatic carbocycles. The lowest BCUT2D eigenvalue weighted by atomic mass is 10.0. The van der Waals surface area contributed by atoms with E-state index in [1.807, 2.05) is 0 Å². The summed E-state index contributed by atoms with van der Waals surface area (Å²) in [6.45, 7) is 22.1. The molecule has 0 aromatic carbocycles. The predicted molar refractivity (Wildman–Crippen MR) is 180 cm³/mol. The van der Waals surface area contributed by atoms with Crippen LogP contribution in [-0.2, 0) is 4.74 Å². The molecule has 0 unspecified atom stereocenters. The van der Waals surface area contributed by atoms with Gasteiger partial charge >= 0.3 is 0 Å². The molecule has 2 spiro atoms. The maximum atomic E-state index is 6.71. The van der Waals surface area contributed by atoms with Crippen molar-refractivity contribution in [1.29, 1.82) is 0 Å². The van der Waals surface area contributed by atoms with Gasteiger partial charge < -0.3 is 47.7 Å². The molecule has 0 aromatic heterocycles. The summed E-state index contributed by atoms with van der Waals surface area (Å²) in [4.78, 5) is 5.52. The minimum atomic E-state index is 0. The Balaban J connectivity index is 0.00000337. The summed E-state index contributed by atoms with van der Waals surface area (Å²) in [7, 11) is 0. The highest BCUT2D eigenvalue weighted by atomic mass is 79.9. The Morgan fingerprint density at radius 3 is 1.11 bits per heavy atom. The Morgan fingerprint density at radius 1 is 0.455 bits per heavy atom. The van der Waals surface area contributed by atoms with Crippen molar-refractivity contribution in [2.75, 3.05) is 98.2 Å². The van der Waals surface area contributed by atoms with Gasteiger partial charge in [0, 0.05) is 71.6 Å². The summed E-state index contributed by atoms with van der Waals surface area (Å²) in [5, 5.41) is 0. The summed E-state index contributed by atoms with van der Waals surface area (Å²) in [5.74, 6) is 0. The van der Waals surface area contributed by atoms with Gasteiger partial charge in [0.15, 0.2) is 0 Å². The number of hydrogen-bond donors (Lipinski definition) is 0. The highest BCUT2D eigenvalue weighted by Crippen LogP contribution is 2.24. The van der Waals surface area contributed by atoms with E-state index in [4.69, 9.17) is 4.74 Å². The monoisotopic (exact) mass is 748 g/mol. The summed E-state index contributed by atoms with van der Waals surface area (Å²) >= 11 is 0. The lowest BCUT2D eigenvalue weighted by molar-refractivity contribution is -0.920. The van der Waals surface area contributed by atoms with Gasteiger partial charge in [0.05, 0.1) is 58.5 Å². The van der Waals surface area contributed by atoms with Crippen molar-refractivity contribution in [3.63, 3.8) is 0 Å². The van der Waals surface area contributed by atoms with Gasteiger partial charge in [0.1, 0.15) is 0 Å². The van der Waals surface area contributed by atoms with E-state index in [2.05, 4.69) is 16.7 Å². The molecule has 0 aromatic rings. The molecule has 7 heteroatoms. The zero-order valence-electron chi connectivity index (χ0n) is 29.3. The van der Waals surface area contributed by atoms with Crippen LogP contribution < -0.4 is 34.0 Å². The molecule has 0 bridgehead atoms. The van der Waals surface area contributed by atoms with E-state index in [0.29, 0.717) is 6.10 Å². The van der Waals surface area contributed by atoms with Crippen molar-refractivity contribution in [3.05, 3.63) is 0 Å². The molecular weight excluding hydrogens is 676 g/mol. The molecule has 4 heterocycles. The van der Waals surface area contributed by atoms with Crippen LogP contribution in [0.1, 0.15) is 135 Å². The van der Waals surface area contributed by atoms with E-state index in [0.717, 1.165) is 19.7 Å². The second-order valence-corrected chi connectivity index (χ2v) is 15.3. The third-order valence-corrected chi connectivity index (χ3v) is 11.9. The summed E-state index contributed by atoms with van der Waals surface area (Å²) < 4.78 is 9.56. The van der Waals surface area contributed by atoms with Gasteiger partial charge in [-0.15, -0.1) is 0 Å². The molecule has 0 atom stereocenters. The summed E-state index contributed by atoms with van der Waals surface area (Å²) in [6, 6.07) is 0. The second kappa shape index (κ2) is 24.0. The first-order chi connectivity index (χ1) is 20.7. The number of piperazine rings is 2. The number of quaternary nitrogens is 2. The fraction of sp³-hybridized carbons (Fsp3) is 1.00. The van der Waals surface area contributed by atoms with Gasteiger partial charge in [-0.1, -0.05) is 103 Å². The van der Waals surface area contributed by atoms with Crippen molar-refractivity contribution in [1.82, 2.24) is 9.80 Å². The molecule has 44 heavy (non-hydrogen) atoms. The lowest BCUT2D eigenvalue weighted by Gasteiger charge is -2.44. The third-order valence-electron chi connectivity index (χ3n) is 11.9. The molecule has 4 aliphatic rings. The molecular formula is C37H74Br2N4O. The predicted octanol–water partition coefficient (Wildman–Crippen LogP) is 1.49. The fourth-order valence-corrected chi connectivity index (χ4v) is 8.77. The lowest BCUT2D eigenvalue weighted by Crippen LogP contribution is -3.00.